The van der Waals surface area contributed by atoms with E-state index >= 15 is 0 Å². The summed E-state index contributed by atoms with van der Waals surface area (Å²) in [6.45, 7) is 2.18. The van der Waals surface area contributed by atoms with Crippen LogP contribution in [0.25, 0.3) is 0 Å². The Balaban J connectivity index is 2.89. The highest BCUT2D eigenvalue weighted by Crippen LogP contribution is 2.23. The minimum Gasteiger partial charge on any atom is -0.480 e. The molecule has 5 N–H and O–H groups in total. The molecule has 12 nitrogen and oxygen atoms in total. The van der Waals surface area contributed by atoms with Crippen LogP contribution in [0.15, 0.2) is 0 Å². The average molecular weight is 424 g/mol. The van der Waals surface area contributed by atoms with Gasteiger partial charge in [0, 0.05) is 52.4 Å². The van der Waals surface area contributed by atoms with E-state index < -0.39 is 26.3 Å². The molecule has 1 heterocycles. The van der Waals surface area contributed by atoms with E-state index in [2.05, 4.69) is 0 Å². The normalized spacial score (nSPS) is 19.8. The smallest absolute Gasteiger partial charge is 0.317 e. The van der Waals surface area contributed by atoms with Crippen LogP contribution in [-0.4, -0.2) is 141 Å². The number of hydrogen-bond donors (Lipinski definition) is 5. The zero-order chi connectivity index (χ0) is 21.1. The van der Waals surface area contributed by atoms with Crippen molar-refractivity contribution in [3.05, 3.63) is 0 Å². The van der Waals surface area contributed by atoms with Gasteiger partial charge in [0.25, 0.3) is 0 Å². The lowest BCUT2D eigenvalue weighted by molar-refractivity contribution is -0.140. The van der Waals surface area contributed by atoms with Crippen LogP contribution >= 0.6 is 8.38 Å². The second-order valence-electron chi connectivity index (χ2n) is 6.64. The van der Waals surface area contributed by atoms with Crippen LogP contribution in [0.3, 0.4) is 0 Å². The van der Waals surface area contributed by atoms with Crippen molar-refractivity contribution in [1.29, 1.82) is 0 Å². The summed E-state index contributed by atoms with van der Waals surface area (Å²) >= 11 is 0. The molecule has 0 aromatic rings. The average Bonchev–Trinajstić information content (AvgIpc) is 2.55. The van der Waals surface area contributed by atoms with Crippen molar-refractivity contribution in [2.75, 3.05) is 78.3 Å². The quantitative estimate of drug-likeness (QED) is 0.265. The summed E-state index contributed by atoms with van der Waals surface area (Å²) in [7, 11) is -2.17. The molecule has 0 radical (unpaired) electrons. The SMILES string of the molecule is O=C(O)CN1CCN(CC(=O)O)CCN(CP(O)O)CCN(CC(=O)O)CC1. The molecule has 0 aliphatic carbocycles. The first-order valence-corrected chi connectivity index (χ1v) is 10.3. The van der Waals surface area contributed by atoms with Crippen molar-refractivity contribution in [1.82, 2.24) is 19.6 Å². The standard InChI is InChI=1S/C15H29N4O8P/c20-13(21)9-16-1-3-17(10-14(22)23)5-7-19(12-28(26)27)8-6-18(4-2-16)11-15(24)25/h26-27H,1-12H2,(H,20,21)(H,22,23)(H,24,25). The maximum atomic E-state index is 11.1. The predicted octanol–water partition coefficient (Wildman–Crippen LogP) is -2.28. The number of carboxylic acids is 3. The maximum absolute atomic E-state index is 11.1. The Morgan fingerprint density at radius 2 is 0.821 bits per heavy atom. The molecule has 0 aromatic heterocycles. The molecule has 1 aliphatic heterocycles. The van der Waals surface area contributed by atoms with E-state index in [0.717, 1.165) is 0 Å². The number of nitrogens with zero attached hydrogens (tertiary/aromatic N) is 4. The first-order valence-electron chi connectivity index (χ1n) is 8.85. The zero-order valence-corrected chi connectivity index (χ0v) is 16.6. The summed E-state index contributed by atoms with van der Waals surface area (Å²) < 4.78 is 0. The minimum absolute atomic E-state index is 0.0301. The van der Waals surface area contributed by atoms with Gasteiger partial charge in [-0.1, -0.05) is 0 Å². The lowest BCUT2D eigenvalue weighted by Gasteiger charge is -2.33. The fourth-order valence-corrected chi connectivity index (χ4v) is 3.59. The molecule has 0 unspecified atom stereocenters. The van der Waals surface area contributed by atoms with Gasteiger partial charge in [-0.05, 0) is 0 Å². The van der Waals surface area contributed by atoms with Crippen molar-refractivity contribution < 1.29 is 39.5 Å². The number of rotatable bonds is 8. The van der Waals surface area contributed by atoms with Gasteiger partial charge in [-0.2, -0.15) is 0 Å². The molecule has 13 heteroatoms. The molecular weight excluding hydrogens is 395 g/mol. The van der Waals surface area contributed by atoms with Crippen LogP contribution in [0.4, 0.5) is 0 Å². The first-order chi connectivity index (χ1) is 13.2. The summed E-state index contributed by atoms with van der Waals surface area (Å²) in [5, 5.41) is 27.3. The summed E-state index contributed by atoms with van der Waals surface area (Å²) in [5.74, 6) is -3.00. The van der Waals surface area contributed by atoms with Crippen LogP contribution < -0.4 is 0 Å². The predicted molar refractivity (Wildman–Crippen MR) is 100 cm³/mol. The molecule has 0 bridgehead atoms. The molecule has 1 fully saturated rings. The van der Waals surface area contributed by atoms with E-state index in [0.29, 0.717) is 52.4 Å². The van der Waals surface area contributed by atoms with E-state index in [4.69, 9.17) is 15.3 Å². The zero-order valence-electron chi connectivity index (χ0n) is 15.7. The van der Waals surface area contributed by atoms with E-state index in [1.165, 1.54) is 0 Å². The molecule has 1 saturated heterocycles. The van der Waals surface area contributed by atoms with Gasteiger partial charge in [0.1, 0.15) is 0 Å². The second kappa shape index (κ2) is 12.9. The molecule has 0 spiro atoms. The van der Waals surface area contributed by atoms with Crippen molar-refractivity contribution in [3.8, 4) is 0 Å². The first kappa shape index (κ1) is 24.6. The van der Waals surface area contributed by atoms with Crippen LogP contribution in [-0.2, 0) is 14.4 Å². The highest BCUT2D eigenvalue weighted by molar-refractivity contribution is 7.44. The van der Waals surface area contributed by atoms with Crippen LogP contribution in [0, 0.1) is 0 Å². The molecule has 0 saturated carbocycles. The summed E-state index contributed by atoms with van der Waals surface area (Å²) in [4.78, 5) is 58.8. The van der Waals surface area contributed by atoms with Gasteiger partial charge in [0.15, 0.2) is 8.38 Å². The summed E-state index contributed by atoms with van der Waals surface area (Å²) in [5.41, 5.74) is 0. The van der Waals surface area contributed by atoms with Crippen molar-refractivity contribution in [3.63, 3.8) is 0 Å². The lowest BCUT2D eigenvalue weighted by atomic mass is 10.3. The Kier molecular flexibility index (Phi) is 11.4. The van der Waals surface area contributed by atoms with Gasteiger partial charge < -0.3 is 25.1 Å². The minimum atomic E-state index is -2.17. The third-order valence-electron chi connectivity index (χ3n) is 4.33. The highest BCUT2D eigenvalue weighted by atomic mass is 31.2. The maximum Gasteiger partial charge on any atom is 0.317 e. The Bertz CT molecular complexity index is 492. The molecular formula is C15H29N4O8P. The highest BCUT2D eigenvalue weighted by Gasteiger charge is 2.20. The van der Waals surface area contributed by atoms with Crippen LogP contribution in [0.5, 0.6) is 0 Å². The van der Waals surface area contributed by atoms with Crippen molar-refractivity contribution >= 4 is 26.3 Å². The topological polar surface area (TPSA) is 165 Å². The Hall–Kier alpha value is -1.40. The van der Waals surface area contributed by atoms with Crippen LogP contribution in [0.1, 0.15) is 0 Å². The summed E-state index contributed by atoms with van der Waals surface area (Å²) in [6, 6.07) is 0. The fourth-order valence-electron chi connectivity index (χ4n) is 2.95. The fraction of sp³-hybridized carbons (Fsp3) is 0.800. The van der Waals surface area contributed by atoms with Gasteiger partial charge in [0.2, 0.25) is 0 Å². The molecule has 0 atom stereocenters. The second-order valence-corrected chi connectivity index (χ2v) is 7.67. The van der Waals surface area contributed by atoms with Gasteiger partial charge in [-0.15, -0.1) is 0 Å². The van der Waals surface area contributed by atoms with E-state index in [9.17, 15) is 24.2 Å². The Morgan fingerprint density at radius 1 is 0.571 bits per heavy atom. The molecule has 1 rings (SSSR count). The molecule has 0 amide bonds. The van der Waals surface area contributed by atoms with Gasteiger partial charge in [0.05, 0.1) is 25.9 Å². The monoisotopic (exact) mass is 424 g/mol. The lowest BCUT2D eigenvalue weighted by Crippen LogP contribution is -2.48. The largest absolute Gasteiger partial charge is 0.480 e. The molecule has 0 aromatic carbocycles. The van der Waals surface area contributed by atoms with Crippen LogP contribution in [0.2, 0.25) is 0 Å². The Morgan fingerprint density at radius 3 is 1.04 bits per heavy atom. The third kappa shape index (κ3) is 11.4. The van der Waals surface area contributed by atoms with Gasteiger partial charge in [-0.3, -0.25) is 34.0 Å². The van der Waals surface area contributed by atoms with Crippen molar-refractivity contribution in [2.24, 2.45) is 0 Å². The van der Waals surface area contributed by atoms with E-state index in [-0.39, 0.29) is 25.9 Å². The molecule has 1 aliphatic rings. The molecule has 162 valence electrons. The van der Waals surface area contributed by atoms with Crippen molar-refractivity contribution in [2.45, 2.75) is 0 Å². The van der Waals surface area contributed by atoms with E-state index in [1.807, 2.05) is 0 Å². The van der Waals surface area contributed by atoms with E-state index in [1.54, 1.807) is 19.6 Å². The Labute approximate surface area is 164 Å². The van der Waals surface area contributed by atoms with Gasteiger partial charge >= 0.3 is 17.9 Å². The summed E-state index contributed by atoms with van der Waals surface area (Å²) in [6.07, 6.45) is 0.0301. The molecule has 28 heavy (non-hydrogen) atoms. The van der Waals surface area contributed by atoms with Gasteiger partial charge in [-0.25, -0.2) is 0 Å². The number of carbonyl (C=O) groups is 3. The number of aliphatic carboxylic acids is 3. The third-order valence-corrected chi connectivity index (χ3v) is 4.99. The number of hydrogen-bond acceptors (Lipinski definition) is 9. The number of carboxylic acid groups (broad SMARTS) is 3.